The van der Waals surface area contributed by atoms with E-state index < -0.39 is 0 Å². The van der Waals surface area contributed by atoms with Gasteiger partial charge < -0.3 is 14.6 Å². The van der Waals surface area contributed by atoms with E-state index in [1.807, 2.05) is 18.2 Å². The van der Waals surface area contributed by atoms with Crippen molar-refractivity contribution in [3.63, 3.8) is 0 Å². The van der Waals surface area contributed by atoms with Crippen LogP contribution in [0.3, 0.4) is 0 Å². The SMILES string of the molecule is CCNCc1ccc(OC)c(Cn2ccccc2=O)c1. The van der Waals surface area contributed by atoms with Gasteiger partial charge in [0.25, 0.3) is 5.56 Å². The average molecular weight is 272 g/mol. The Hall–Kier alpha value is -2.07. The van der Waals surface area contributed by atoms with Gasteiger partial charge in [-0.25, -0.2) is 0 Å². The predicted octanol–water partition coefficient (Wildman–Crippen LogP) is 2.01. The van der Waals surface area contributed by atoms with E-state index in [1.54, 1.807) is 30.0 Å². The highest BCUT2D eigenvalue weighted by Gasteiger charge is 2.06. The maximum atomic E-state index is 11.8. The summed E-state index contributed by atoms with van der Waals surface area (Å²) >= 11 is 0. The van der Waals surface area contributed by atoms with Crippen LogP contribution >= 0.6 is 0 Å². The highest BCUT2D eigenvalue weighted by Crippen LogP contribution is 2.20. The first-order chi connectivity index (χ1) is 9.74. The predicted molar refractivity (Wildman–Crippen MR) is 80.2 cm³/mol. The van der Waals surface area contributed by atoms with Crippen molar-refractivity contribution in [3.8, 4) is 5.75 Å². The fraction of sp³-hybridized carbons (Fsp3) is 0.312. The molecule has 0 aliphatic rings. The van der Waals surface area contributed by atoms with Gasteiger partial charge >= 0.3 is 0 Å². The van der Waals surface area contributed by atoms with Gasteiger partial charge in [0, 0.05) is 24.4 Å². The maximum Gasteiger partial charge on any atom is 0.250 e. The molecule has 0 saturated carbocycles. The molecule has 106 valence electrons. The Kier molecular flexibility index (Phi) is 4.96. The lowest BCUT2D eigenvalue weighted by atomic mass is 10.1. The molecule has 0 aliphatic heterocycles. The minimum Gasteiger partial charge on any atom is -0.496 e. The smallest absolute Gasteiger partial charge is 0.250 e. The first-order valence-corrected chi connectivity index (χ1v) is 6.76. The van der Waals surface area contributed by atoms with E-state index in [0.717, 1.165) is 24.4 Å². The van der Waals surface area contributed by atoms with Gasteiger partial charge in [-0.15, -0.1) is 0 Å². The number of pyridine rings is 1. The van der Waals surface area contributed by atoms with E-state index in [2.05, 4.69) is 18.3 Å². The van der Waals surface area contributed by atoms with E-state index in [4.69, 9.17) is 4.74 Å². The fourth-order valence-electron chi connectivity index (χ4n) is 2.11. The van der Waals surface area contributed by atoms with Crippen LogP contribution in [0.25, 0.3) is 0 Å². The van der Waals surface area contributed by atoms with Crippen molar-refractivity contribution in [2.45, 2.75) is 20.0 Å². The van der Waals surface area contributed by atoms with Gasteiger partial charge in [-0.05, 0) is 30.3 Å². The summed E-state index contributed by atoms with van der Waals surface area (Å²) in [6, 6.07) is 11.2. The van der Waals surface area contributed by atoms with E-state index >= 15 is 0 Å². The molecule has 0 aliphatic carbocycles. The molecule has 0 unspecified atom stereocenters. The Labute approximate surface area is 119 Å². The topological polar surface area (TPSA) is 43.3 Å². The number of aromatic nitrogens is 1. The Morgan fingerprint density at radius 3 is 2.80 bits per heavy atom. The van der Waals surface area contributed by atoms with Gasteiger partial charge in [-0.3, -0.25) is 4.79 Å². The second-order valence-corrected chi connectivity index (χ2v) is 4.59. The molecule has 0 spiro atoms. The van der Waals surface area contributed by atoms with Gasteiger partial charge in [-0.2, -0.15) is 0 Å². The molecule has 0 bridgehead atoms. The highest BCUT2D eigenvalue weighted by molar-refractivity contribution is 5.37. The first-order valence-electron chi connectivity index (χ1n) is 6.76. The summed E-state index contributed by atoms with van der Waals surface area (Å²) in [7, 11) is 1.65. The van der Waals surface area contributed by atoms with Crippen LogP contribution in [-0.2, 0) is 13.1 Å². The van der Waals surface area contributed by atoms with Crippen molar-refractivity contribution < 1.29 is 4.74 Å². The zero-order valence-corrected chi connectivity index (χ0v) is 11.9. The molecule has 4 nitrogen and oxygen atoms in total. The summed E-state index contributed by atoms with van der Waals surface area (Å²) in [5.74, 6) is 0.806. The zero-order valence-electron chi connectivity index (χ0n) is 11.9. The molecule has 20 heavy (non-hydrogen) atoms. The van der Waals surface area contributed by atoms with Gasteiger partial charge in [0.15, 0.2) is 0 Å². The third kappa shape index (κ3) is 3.48. The summed E-state index contributed by atoms with van der Waals surface area (Å²) in [6.45, 7) is 4.34. The van der Waals surface area contributed by atoms with Crippen LogP contribution in [0, 0.1) is 0 Å². The number of nitrogens with zero attached hydrogens (tertiary/aromatic N) is 1. The van der Waals surface area contributed by atoms with Crippen LogP contribution in [-0.4, -0.2) is 18.2 Å². The second kappa shape index (κ2) is 6.91. The molecule has 1 aromatic carbocycles. The van der Waals surface area contributed by atoms with Gasteiger partial charge in [0.2, 0.25) is 0 Å². The lowest BCUT2D eigenvalue weighted by molar-refractivity contribution is 0.408. The summed E-state index contributed by atoms with van der Waals surface area (Å²) < 4.78 is 7.06. The molecule has 1 aromatic heterocycles. The minimum absolute atomic E-state index is 0.00774. The summed E-state index contributed by atoms with van der Waals surface area (Å²) in [4.78, 5) is 11.8. The average Bonchev–Trinajstić information content (AvgIpc) is 2.48. The Balaban J connectivity index is 2.29. The second-order valence-electron chi connectivity index (χ2n) is 4.59. The number of hydrogen-bond acceptors (Lipinski definition) is 3. The quantitative estimate of drug-likeness (QED) is 0.875. The normalized spacial score (nSPS) is 10.5. The van der Waals surface area contributed by atoms with Crippen molar-refractivity contribution in [3.05, 3.63) is 64.1 Å². The summed E-state index contributed by atoms with van der Waals surface area (Å²) in [5.41, 5.74) is 2.19. The first kappa shape index (κ1) is 14.3. The molecule has 0 radical (unpaired) electrons. The Morgan fingerprint density at radius 1 is 1.25 bits per heavy atom. The van der Waals surface area contributed by atoms with Gasteiger partial charge in [0.1, 0.15) is 5.75 Å². The standard InChI is InChI=1S/C16H20N2O2/c1-3-17-11-13-7-8-15(20-2)14(10-13)12-18-9-5-4-6-16(18)19/h4-10,17H,3,11-12H2,1-2H3. The maximum absolute atomic E-state index is 11.8. The molecule has 0 atom stereocenters. The van der Waals surface area contributed by atoms with E-state index in [0.29, 0.717) is 6.54 Å². The van der Waals surface area contributed by atoms with Crippen molar-refractivity contribution in [1.29, 1.82) is 0 Å². The van der Waals surface area contributed by atoms with Crippen LogP contribution in [0.4, 0.5) is 0 Å². The van der Waals surface area contributed by atoms with Crippen LogP contribution in [0.5, 0.6) is 5.75 Å². The third-order valence-electron chi connectivity index (χ3n) is 3.16. The van der Waals surface area contributed by atoms with Crippen molar-refractivity contribution in [2.75, 3.05) is 13.7 Å². The Morgan fingerprint density at radius 2 is 2.10 bits per heavy atom. The monoisotopic (exact) mass is 272 g/mol. The molecule has 2 rings (SSSR count). The molecular weight excluding hydrogens is 252 g/mol. The van der Waals surface area contributed by atoms with Crippen molar-refractivity contribution in [2.24, 2.45) is 0 Å². The molecule has 1 N–H and O–H groups in total. The molecule has 1 heterocycles. The van der Waals surface area contributed by atoms with Crippen LogP contribution in [0.15, 0.2) is 47.4 Å². The largest absolute Gasteiger partial charge is 0.496 e. The fourth-order valence-corrected chi connectivity index (χ4v) is 2.11. The highest BCUT2D eigenvalue weighted by atomic mass is 16.5. The van der Waals surface area contributed by atoms with Crippen LogP contribution < -0.4 is 15.6 Å². The molecule has 0 fully saturated rings. The summed E-state index contributed by atoms with van der Waals surface area (Å²) in [5, 5.41) is 3.30. The lowest BCUT2D eigenvalue weighted by Gasteiger charge is -2.12. The lowest BCUT2D eigenvalue weighted by Crippen LogP contribution is -2.19. The molecule has 4 heteroatoms. The number of benzene rings is 1. The molecule has 0 saturated heterocycles. The zero-order chi connectivity index (χ0) is 14.4. The molecule has 2 aromatic rings. The van der Waals surface area contributed by atoms with E-state index in [9.17, 15) is 4.79 Å². The number of hydrogen-bond donors (Lipinski definition) is 1. The molecular formula is C16H20N2O2. The Bertz CT molecular complexity index is 620. The third-order valence-corrected chi connectivity index (χ3v) is 3.16. The number of ether oxygens (including phenoxy) is 1. The van der Waals surface area contributed by atoms with E-state index in [-0.39, 0.29) is 5.56 Å². The number of nitrogens with one attached hydrogen (secondary N) is 1. The number of rotatable bonds is 6. The minimum atomic E-state index is -0.00774. The van der Waals surface area contributed by atoms with Crippen LogP contribution in [0.2, 0.25) is 0 Å². The van der Waals surface area contributed by atoms with Crippen LogP contribution in [0.1, 0.15) is 18.1 Å². The number of methoxy groups -OCH3 is 1. The van der Waals surface area contributed by atoms with Gasteiger partial charge in [-0.1, -0.05) is 19.1 Å². The van der Waals surface area contributed by atoms with Gasteiger partial charge in [0.05, 0.1) is 13.7 Å². The van der Waals surface area contributed by atoms with Crippen molar-refractivity contribution in [1.82, 2.24) is 9.88 Å². The van der Waals surface area contributed by atoms with E-state index in [1.165, 1.54) is 5.56 Å². The summed E-state index contributed by atoms with van der Waals surface area (Å²) in [6.07, 6.45) is 1.79. The van der Waals surface area contributed by atoms with Crippen molar-refractivity contribution >= 4 is 0 Å². The molecule has 0 amide bonds.